The number of aromatic nitrogens is 2. The molecule has 46 heavy (non-hydrogen) atoms. The summed E-state index contributed by atoms with van der Waals surface area (Å²) >= 11 is 0. The highest BCUT2D eigenvalue weighted by atomic mass is 16.6. The number of amides is 3. The normalized spacial score (nSPS) is 14.4. The molecule has 0 aliphatic carbocycles. The molecule has 1 fully saturated rings. The fraction of sp³-hybridized carbons (Fsp3) is 0.314. The number of rotatable bonds is 9. The SMILES string of the molecule is CC(=O)NCC(C)(C)C(=O)c1nnc(Cc2cccc(C)c2)o1.O=C1CN(C(=O)OCc2ccccc2)[C@@H](c2ccccc2)CN1. The lowest BCUT2D eigenvalue weighted by Crippen LogP contribution is -2.52. The van der Waals surface area contributed by atoms with Crippen LogP contribution in [-0.4, -0.2) is 58.4 Å². The maximum atomic E-state index is 12.5. The summed E-state index contributed by atoms with van der Waals surface area (Å²) in [5.74, 6) is -0.267. The van der Waals surface area contributed by atoms with Crippen molar-refractivity contribution >= 4 is 23.7 Å². The molecule has 0 saturated carbocycles. The van der Waals surface area contributed by atoms with Crippen LogP contribution in [-0.2, 0) is 27.4 Å². The number of ketones is 1. The van der Waals surface area contributed by atoms with Gasteiger partial charge in [-0.25, -0.2) is 4.79 Å². The highest BCUT2D eigenvalue weighted by Gasteiger charge is 2.34. The van der Waals surface area contributed by atoms with Gasteiger partial charge in [0, 0.05) is 20.0 Å². The molecule has 3 aromatic carbocycles. The zero-order chi connectivity index (χ0) is 33.1. The highest BCUT2D eigenvalue weighted by molar-refractivity contribution is 5.96. The van der Waals surface area contributed by atoms with E-state index in [1.54, 1.807) is 13.8 Å². The first kappa shape index (κ1) is 33.6. The van der Waals surface area contributed by atoms with Crippen LogP contribution in [0.1, 0.15) is 65.6 Å². The fourth-order valence-corrected chi connectivity index (χ4v) is 4.74. The van der Waals surface area contributed by atoms with Gasteiger partial charge >= 0.3 is 6.09 Å². The largest absolute Gasteiger partial charge is 0.445 e. The van der Waals surface area contributed by atoms with Gasteiger partial charge in [0.25, 0.3) is 5.89 Å². The van der Waals surface area contributed by atoms with Crippen LogP contribution in [0.2, 0.25) is 0 Å². The Morgan fingerprint density at radius 3 is 2.33 bits per heavy atom. The molecule has 0 bridgehead atoms. The minimum atomic E-state index is -0.807. The number of piperazine rings is 1. The Balaban J connectivity index is 0.000000209. The predicted octanol–water partition coefficient (Wildman–Crippen LogP) is 4.81. The fourth-order valence-electron chi connectivity index (χ4n) is 4.74. The van der Waals surface area contributed by atoms with Gasteiger partial charge in [-0.3, -0.25) is 19.3 Å². The number of nitrogens with zero attached hydrogens (tertiary/aromatic N) is 3. The van der Waals surface area contributed by atoms with Crippen LogP contribution >= 0.6 is 0 Å². The van der Waals surface area contributed by atoms with Crippen molar-refractivity contribution in [1.29, 1.82) is 0 Å². The quantitative estimate of drug-likeness (QED) is 0.252. The Morgan fingerprint density at radius 1 is 0.978 bits per heavy atom. The Bertz CT molecular complexity index is 1640. The summed E-state index contributed by atoms with van der Waals surface area (Å²) in [6.07, 6.45) is 0.00576. The van der Waals surface area contributed by atoms with Crippen LogP contribution < -0.4 is 10.6 Å². The molecule has 1 saturated heterocycles. The molecule has 3 amide bonds. The van der Waals surface area contributed by atoms with E-state index >= 15 is 0 Å². The Hall–Kier alpha value is -5.32. The third-order valence-corrected chi connectivity index (χ3v) is 7.30. The summed E-state index contributed by atoms with van der Waals surface area (Å²) in [6, 6.07) is 26.9. The van der Waals surface area contributed by atoms with E-state index in [1.165, 1.54) is 11.8 Å². The van der Waals surface area contributed by atoms with Gasteiger partial charge in [0.05, 0.1) is 17.9 Å². The van der Waals surface area contributed by atoms with E-state index in [0.717, 1.165) is 22.3 Å². The van der Waals surface area contributed by atoms with Crippen molar-refractivity contribution in [3.05, 3.63) is 119 Å². The Kier molecular flexibility index (Phi) is 11.4. The number of nitrogens with one attached hydrogen (secondary N) is 2. The first-order chi connectivity index (χ1) is 22.0. The second-order valence-corrected chi connectivity index (χ2v) is 11.7. The topological polar surface area (TPSA) is 144 Å². The zero-order valence-corrected chi connectivity index (χ0v) is 26.5. The molecule has 11 heteroatoms. The van der Waals surface area contributed by atoms with Crippen molar-refractivity contribution in [1.82, 2.24) is 25.7 Å². The van der Waals surface area contributed by atoms with Crippen molar-refractivity contribution in [2.75, 3.05) is 19.6 Å². The molecule has 0 spiro atoms. The average Bonchev–Trinajstić information content (AvgIpc) is 3.51. The van der Waals surface area contributed by atoms with Crippen LogP contribution in [0.4, 0.5) is 4.79 Å². The van der Waals surface area contributed by atoms with Gasteiger partial charge in [0.2, 0.25) is 23.5 Å². The molecular weight excluding hydrogens is 586 g/mol. The van der Waals surface area contributed by atoms with Crippen molar-refractivity contribution in [3.8, 4) is 0 Å². The molecule has 4 aromatic rings. The van der Waals surface area contributed by atoms with Crippen LogP contribution in [0.25, 0.3) is 0 Å². The van der Waals surface area contributed by atoms with Crippen LogP contribution in [0.3, 0.4) is 0 Å². The maximum absolute atomic E-state index is 12.5. The van der Waals surface area contributed by atoms with Crippen LogP contribution in [0, 0.1) is 12.3 Å². The first-order valence-corrected chi connectivity index (χ1v) is 15.0. The first-order valence-electron chi connectivity index (χ1n) is 15.0. The van der Waals surface area contributed by atoms with Gasteiger partial charge in [-0.2, -0.15) is 0 Å². The highest BCUT2D eigenvalue weighted by Crippen LogP contribution is 2.24. The molecule has 0 unspecified atom stereocenters. The number of benzene rings is 3. The van der Waals surface area contributed by atoms with E-state index in [9.17, 15) is 19.2 Å². The molecule has 2 N–H and O–H groups in total. The molecule has 1 atom stereocenters. The summed E-state index contributed by atoms with van der Waals surface area (Å²) < 4.78 is 10.9. The van der Waals surface area contributed by atoms with Crippen molar-refractivity contribution < 1.29 is 28.3 Å². The Labute approximate surface area is 268 Å². The van der Waals surface area contributed by atoms with Gasteiger partial charge in [-0.15, -0.1) is 10.2 Å². The smallest absolute Gasteiger partial charge is 0.411 e. The minimum Gasteiger partial charge on any atom is -0.445 e. The molecule has 240 valence electrons. The summed E-state index contributed by atoms with van der Waals surface area (Å²) in [6.45, 7) is 7.70. The predicted molar refractivity (Wildman–Crippen MR) is 171 cm³/mol. The summed E-state index contributed by atoms with van der Waals surface area (Å²) in [7, 11) is 0. The summed E-state index contributed by atoms with van der Waals surface area (Å²) in [5.41, 5.74) is 3.28. The number of ether oxygens (including phenoxy) is 1. The van der Waals surface area contributed by atoms with Gasteiger partial charge < -0.3 is 19.8 Å². The maximum Gasteiger partial charge on any atom is 0.411 e. The number of carbonyl (C=O) groups excluding carboxylic acids is 4. The molecular formula is C35H39N5O6. The van der Waals surface area contributed by atoms with Gasteiger partial charge in [-0.05, 0) is 23.6 Å². The van der Waals surface area contributed by atoms with E-state index < -0.39 is 11.5 Å². The second kappa shape index (κ2) is 15.6. The van der Waals surface area contributed by atoms with E-state index in [1.807, 2.05) is 91.9 Å². The van der Waals surface area contributed by atoms with Gasteiger partial charge in [0.1, 0.15) is 13.2 Å². The van der Waals surface area contributed by atoms with Crippen molar-refractivity contribution in [3.63, 3.8) is 0 Å². The lowest BCUT2D eigenvalue weighted by atomic mass is 9.88. The lowest BCUT2D eigenvalue weighted by Gasteiger charge is -2.34. The lowest BCUT2D eigenvalue weighted by molar-refractivity contribution is -0.125. The summed E-state index contributed by atoms with van der Waals surface area (Å²) in [5, 5.41) is 13.2. The van der Waals surface area contributed by atoms with E-state index in [0.29, 0.717) is 18.9 Å². The number of carbonyl (C=O) groups is 4. The second-order valence-electron chi connectivity index (χ2n) is 11.7. The van der Waals surface area contributed by atoms with E-state index in [2.05, 4.69) is 20.8 Å². The van der Waals surface area contributed by atoms with Gasteiger partial charge in [-0.1, -0.05) is 104 Å². The van der Waals surface area contributed by atoms with Crippen LogP contribution in [0.5, 0.6) is 0 Å². The third kappa shape index (κ3) is 9.59. The summed E-state index contributed by atoms with van der Waals surface area (Å²) in [4.78, 5) is 49.0. The average molecular weight is 626 g/mol. The molecule has 5 rings (SSSR count). The minimum absolute atomic E-state index is 0.00713. The number of hydrogen-bond donors (Lipinski definition) is 2. The molecule has 2 heterocycles. The molecule has 0 radical (unpaired) electrons. The van der Waals surface area contributed by atoms with Crippen molar-refractivity contribution in [2.45, 2.75) is 46.8 Å². The van der Waals surface area contributed by atoms with E-state index in [4.69, 9.17) is 9.15 Å². The molecule has 1 aliphatic heterocycles. The number of aryl methyl sites for hydroxylation is 1. The van der Waals surface area contributed by atoms with E-state index in [-0.39, 0.29) is 49.2 Å². The van der Waals surface area contributed by atoms with Crippen LogP contribution in [0.15, 0.2) is 89.3 Å². The zero-order valence-electron chi connectivity index (χ0n) is 26.5. The number of Topliss-reactive ketones (excluding diaryl/α,β-unsaturated/α-hetero) is 1. The third-order valence-electron chi connectivity index (χ3n) is 7.30. The van der Waals surface area contributed by atoms with Gasteiger partial charge in [0.15, 0.2) is 0 Å². The molecule has 1 aliphatic rings. The monoisotopic (exact) mass is 625 g/mol. The molecule has 11 nitrogen and oxygen atoms in total. The number of hydrogen-bond acceptors (Lipinski definition) is 8. The molecule has 1 aromatic heterocycles. The Morgan fingerprint density at radius 2 is 1.65 bits per heavy atom. The standard InChI is InChI=1S/C18H18N2O3.C17H21N3O3/c21-17-12-20(16(11-19-17)15-9-5-2-6-10-15)18(22)23-13-14-7-3-1-4-8-14;1-11-6-5-7-13(8-11)9-14-19-20-16(23-14)15(22)17(3,4)10-18-12(2)21/h1-10,16H,11-13H2,(H,19,21);5-8H,9-10H2,1-4H3,(H,18,21)/t16-;/m1./s1. The van der Waals surface area contributed by atoms with Crippen molar-refractivity contribution in [2.24, 2.45) is 5.41 Å².